The van der Waals surface area contributed by atoms with E-state index in [1.807, 2.05) is 12.1 Å². The SMILES string of the molecule is CC(=O)c1ccc(Cn2nccn2)s1. The van der Waals surface area contributed by atoms with Crippen LogP contribution in [0.15, 0.2) is 24.5 Å². The van der Waals surface area contributed by atoms with Gasteiger partial charge in [0, 0.05) is 4.88 Å². The molecule has 0 saturated heterocycles. The van der Waals surface area contributed by atoms with E-state index in [2.05, 4.69) is 10.2 Å². The minimum atomic E-state index is 0.106. The van der Waals surface area contributed by atoms with Gasteiger partial charge in [-0.1, -0.05) is 0 Å². The van der Waals surface area contributed by atoms with E-state index in [1.165, 1.54) is 11.3 Å². The van der Waals surface area contributed by atoms with Crippen molar-refractivity contribution in [1.82, 2.24) is 15.0 Å². The lowest BCUT2D eigenvalue weighted by Crippen LogP contribution is -2.01. The lowest BCUT2D eigenvalue weighted by molar-refractivity contribution is 0.102. The topological polar surface area (TPSA) is 47.8 Å². The predicted octanol–water partition coefficient (Wildman–Crippen LogP) is 1.59. The normalized spacial score (nSPS) is 10.4. The molecule has 2 aromatic heterocycles. The molecular weight excluding hydrogens is 198 g/mol. The molecule has 0 aliphatic rings. The van der Waals surface area contributed by atoms with E-state index in [9.17, 15) is 4.79 Å². The summed E-state index contributed by atoms with van der Waals surface area (Å²) in [7, 11) is 0. The molecule has 0 saturated carbocycles. The van der Waals surface area contributed by atoms with Gasteiger partial charge in [0.05, 0.1) is 23.8 Å². The van der Waals surface area contributed by atoms with Crippen LogP contribution in [0.1, 0.15) is 21.5 Å². The van der Waals surface area contributed by atoms with Crippen molar-refractivity contribution >= 4 is 17.1 Å². The summed E-state index contributed by atoms with van der Waals surface area (Å²) >= 11 is 1.49. The van der Waals surface area contributed by atoms with Gasteiger partial charge in [0.15, 0.2) is 5.78 Å². The Hall–Kier alpha value is -1.49. The zero-order chi connectivity index (χ0) is 9.97. The number of aromatic nitrogens is 3. The van der Waals surface area contributed by atoms with Crippen LogP contribution in [-0.4, -0.2) is 20.8 Å². The van der Waals surface area contributed by atoms with E-state index >= 15 is 0 Å². The summed E-state index contributed by atoms with van der Waals surface area (Å²) in [6.45, 7) is 2.20. The summed E-state index contributed by atoms with van der Waals surface area (Å²) in [6.07, 6.45) is 3.28. The average molecular weight is 207 g/mol. The van der Waals surface area contributed by atoms with Gasteiger partial charge >= 0.3 is 0 Å². The van der Waals surface area contributed by atoms with Crippen LogP contribution < -0.4 is 0 Å². The molecule has 0 atom stereocenters. The van der Waals surface area contributed by atoms with Gasteiger partial charge in [-0.15, -0.1) is 11.3 Å². The van der Waals surface area contributed by atoms with Crippen molar-refractivity contribution in [2.45, 2.75) is 13.5 Å². The molecule has 0 spiro atoms. The molecule has 0 bridgehead atoms. The van der Waals surface area contributed by atoms with Crippen LogP contribution in [0.2, 0.25) is 0 Å². The summed E-state index contributed by atoms with van der Waals surface area (Å²) in [4.78, 5) is 14.5. The van der Waals surface area contributed by atoms with Gasteiger partial charge in [-0.05, 0) is 19.1 Å². The maximum atomic E-state index is 11.0. The van der Waals surface area contributed by atoms with Crippen LogP contribution in [0, 0.1) is 0 Å². The first-order valence-corrected chi connectivity index (χ1v) is 5.01. The minimum Gasteiger partial charge on any atom is -0.294 e. The van der Waals surface area contributed by atoms with Gasteiger partial charge < -0.3 is 0 Å². The van der Waals surface area contributed by atoms with E-state index in [1.54, 1.807) is 24.1 Å². The number of thiophene rings is 1. The molecule has 2 aromatic rings. The number of carbonyl (C=O) groups excluding carboxylic acids is 1. The smallest absolute Gasteiger partial charge is 0.169 e. The number of ketones is 1. The Labute approximate surface area is 85.2 Å². The second kappa shape index (κ2) is 3.71. The second-order valence-corrected chi connectivity index (χ2v) is 4.05. The van der Waals surface area contributed by atoms with Gasteiger partial charge in [0.25, 0.3) is 0 Å². The molecule has 4 nitrogen and oxygen atoms in total. The van der Waals surface area contributed by atoms with Crippen molar-refractivity contribution in [3.8, 4) is 0 Å². The molecule has 0 amide bonds. The van der Waals surface area contributed by atoms with Crippen LogP contribution in [0.5, 0.6) is 0 Å². The molecule has 0 aliphatic heterocycles. The van der Waals surface area contributed by atoms with E-state index in [-0.39, 0.29) is 5.78 Å². The Bertz CT molecular complexity index is 433. The van der Waals surface area contributed by atoms with Crippen LogP contribution in [0.25, 0.3) is 0 Å². The molecule has 0 aromatic carbocycles. The largest absolute Gasteiger partial charge is 0.294 e. The molecule has 0 aliphatic carbocycles. The van der Waals surface area contributed by atoms with Crippen LogP contribution in [-0.2, 0) is 6.54 Å². The highest BCUT2D eigenvalue weighted by molar-refractivity contribution is 7.14. The Morgan fingerprint density at radius 3 is 2.71 bits per heavy atom. The predicted molar refractivity (Wildman–Crippen MR) is 53.4 cm³/mol. The Morgan fingerprint density at radius 1 is 1.43 bits per heavy atom. The molecule has 0 unspecified atom stereocenters. The number of hydrogen-bond acceptors (Lipinski definition) is 4. The zero-order valence-electron chi connectivity index (χ0n) is 7.67. The number of Topliss-reactive ketones (excluding diaryl/α,β-unsaturated/α-hetero) is 1. The fourth-order valence-electron chi connectivity index (χ4n) is 1.12. The first-order valence-electron chi connectivity index (χ1n) is 4.19. The molecule has 5 heteroatoms. The van der Waals surface area contributed by atoms with Crippen molar-refractivity contribution in [3.05, 3.63) is 34.3 Å². The standard InChI is InChI=1S/C9H9N3OS/c1-7(13)9-3-2-8(14-9)6-12-10-4-5-11-12/h2-5H,6H2,1H3. The molecule has 14 heavy (non-hydrogen) atoms. The molecule has 2 heterocycles. The quantitative estimate of drug-likeness (QED) is 0.718. The van der Waals surface area contributed by atoms with Gasteiger partial charge in [-0.3, -0.25) is 4.79 Å². The van der Waals surface area contributed by atoms with Gasteiger partial charge in [0.1, 0.15) is 0 Å². The second-order valence-electron chi connectivity index (χ2n) is 2.88. The minimum absolute atomic E-state index is 0.106. The third-order valence-electron chi connectivity index (χ3n) is 1.77. The molecule has 0 fully saturated rings. The van der Waals surface area contributed by atoms with Gasteiger partial charge in [-0.2, -0.15) is 15.0 Å². The van der Waals surface area contributed by atoms with Crippen LogP contribution in [0.4, 0.5) is 0 Å². The lowest BCUT2D eigenvalue weighted by atomic mass is 10.3. The van der Waals surface area contributed by atoms with E-state index < -0.39 is 0 Å². The third-order valence-corrected chi connectivity index (χ3v) is 2.94. The first-order chi connectivity index (χ1) is 6.75. The summed E-state index contributed by atoms with van der Waals surface area (Å²) in [5.74, 6) is 0.106. The van der Waals surface area contributed by atoms with Crippen molar-refractivity contribution in [2.75, 3.05) is 0 Å². The van der Waals surface area contributed by atoms with Crippen LogP contribution >= 0.6 is 11.3 Å². The van der Waals surface area contributed by atoms with Crippen molar-refractivity contribution < 1.29 is 4.79 Å². The molecule has 72 valence electrons. The number of hydrogen-bond donors (Lipinski definition) is 0. The monoisotopic (exact) mass is 207 g/mol. The Morgan fingerprint density at radius 2 is 2.14 bits per heavy atom. The number of rotatable bonds is 3. The summed E-state index contributed by atoms with van der Waals surface area (Å²) in [6, 6.07) is 3.77. The molecule has 2 rings (SSSR count). The summed E-state index contributed by atoms with van der Waals surface area (Å²) in [5.41, 5.74) is 0. The number of nitrogens with zero attached hydrogens (tertiary/aromatic N) is 3. The fourth-order valence-corrected chi connectivity index (χ4v) is 1.99. The third kappa shape index (κ3) is 1.88. The Kier molecular flexibility index (Phi) is 2.41. The maximum Gasteiger partial charge on any atom is 0.169 e. The van der Waals surface area contributed by atoms with Crippen molar-refractivity contribution in [3.63, 3.8) is 0 Å². The average Bonchev–Trinajstić information content (AvgIpc) is 2.75. The summed E-state index contributed by atoms with van der Waals surface area (Å²) < 4.78 is 0. The maximum absolute atomic E-state index is 11.0. The zero-order valence-corrected chi connectivity index (χ0v) is 8.49. The molecule has 0 radical (unpaired) electrons. The van der Waals surface area contributed by atoms with Crippen LogP contribution in [0.3, 0.4) is 0 Å². The highest BCUT2D eigenvalue weighted by Gasteiger charge is 2.04. The highest BCUT2D eigenvalue weighted by Crippen LogP contribution is 2.17. The first kappa shape index (κ1) is 9.08. The van der Waals surface area contributed by atoms with Crippen molar-refractivity contribution in [2.24, 2.45) is 0 Å². The van der Waals surface area contributed by atoms with Gasteiger partial charge in [0.2, 0.25) is 0 Å². The molecule has 0 N–H and O–H groups in total. The van der Waals surface area contributed by atoms with Gasteiger partial charge in [-0.25, -0.2) is 0 Å². The molecular formula is C9H9N3OS. The van der Waals surface area contributed by atoms with Crippen molar-refractivity contribution in [1.29, 1.82) is 0 Å². The lowest BCUT2D eigenvalue weighted by Gasteiger charge is -1.94. The van der Waals surface area contributed by atoms with E-state index in [0.29, 0.717) is 6.54 Å². The Balaban J connectivity index is 2.14. The van der Waals surface area contributed by atoms with E-state index in [4.69, 9.17) is 0 Å². The fraction of sp³-hybridized carbons (Fsp3) is 0.222. The van der Waals surface area contributed by atoms with E-state index in [0.717, 1.165) is 9.75 Å². The number of carbonyl (C=O) groups is 1. The summed E-state index contributed by atoms with van der Waals surface area (Å²) in [5, 5.41) is 7.99. The highest BCUT2D eigenvalue weighted by atomic mass is 32.1.